The second-order valence-electron chi connectivity index (χ2n) is 12.1. The summed E-state index contributed by atoms with van der Waals surface area (Å²) in [6, 6.07) is 56.7. The van der Waals surface area contributed by atoms with Crippen molar-refractivity contribution >= 4 is 21.9 Å². The predicted molar refractivity (Wildman–Crippen MR) is 200 cm³/mol. The van der Waals surface area contributed by atoms with Gasteiger partial charge in [-0.05, 0) is 70.3 Å². The number of aromatic nitrogens is 3. The molecular formula is C45H29N3O. The van der Waals surface area contributed by atoms with Crippen molar-refractivity contribution in [3.63, 3.8) is 0 Å². The average molecular weight is 628 g/mol. The Hall–Kier alpha value is -6.65. The van der Waals surface area contributed by atoms with E-state index in [1.54, 1.807) is 6.20 Å². The number of fused-ring (bicyclic) bond motifs is 3. The fourth-order valence-corrected chi connectivity index (χ4v) is 6.53. The molecule has 3 heterocycles. The van der Waals surface area contributed by atoms with Crippen molar-refractivity contribution in [3.8, 4) is 67.3 Å². The lowest BCUT2D eigenvalue weighted by atomic mass is 9.93. The summed E-state index contributed by atoms with van der Waals surface area (Å²) in [6.45, 7) is 0. The molecule has 0 saturated heterocycles. The molecule has 0 N–H and O–H groups in total. The molecule has 49 heavy (non-hydrogen) atoms. The summed E-state index contributed by atoms with van der Waals surface area (Å²) < 4.78 is 6.52. The molecule has 6 aromatic carbocycles. The lowest BCUT2D eigenvalue weighted by molar-refractivity contribution is 0.670. The molecule has 0 atom stereocenters. The minimum absolute atomic E-state index is 0.663. The molecule has 3 aromatic heterocycles. The molecule has 0 saturated carbocycles. The zero-order valence-corrected chi connectivity index (χ0v) is 26.5. The molecule has 0 aliphatic rings. The van der Waals surface area contributed by atoms with Gasteiger partial charge in [-0.15, -0.1) is 0 Å². The molecule has 0 fully saturated rings. The molecule has 4 heteroatoms. The van der Waals surface area contributed by atoms with E-state index in [1.165, 1.54) is 11.1 Å². The summed E-state index contributed by atoms with van der Waals surface area (Å²) in [7, 11) is 0. The summed E-state index contributed by atoms with van der Waals surface area (Å²) in [4.78, 5) is 14.5. The van der Waals surface area contributed by atoms with Crippen LogP contribution in [0.2, 0.25) is 0 Å². The van der Waals surface area contributed by atoms with Crippen LogP contribution in [0.3, 0.4) is 0 Å². The number of benzene rings is 6. The molecule has 4 nitrogen and oxygen atoms in total. The van der Waals surface area contributed by atoms with Crippen LogP contribution in [-0.2, 0) is 0 Å². The highest BCUT2D eigenvalue weighted by molar-refractivity contribution is 6.09. The molecule has 0 unspecified atom stereocenters. The van der Waals surface area contributed by atoms with Gasteiger partial charge in [0.25, 0.3) is 0 Å². The number of para-hydroxylation sites is 2. The van der Waals surface area contributed by atoms with Crippen molar-refractivity contribution in [1.82, 2.24) is 15.0 Å². The van der Waals surface area contributed by atoms with Crippen molar-refractivity contribution in [1.29, 1.82) is 0 Å². The number of nitrogens with zero attached hydrogens (tertiary/aromatic N) is 3. The maximum Gasteiger partial charge on any atom is 0.160 e. The van der Waals surface area contributed by atoms with Crippen LogP contribution in [0.15, 0.2) is 181 Å². The lowest BCUT2D eigenvalue weighted by Gasteiger charge is -2.14. The van der Waals surface area contributed by atoms with Crippen LogP contribution in [0.25, 0.3) is 89.2 Å². The summed E-state index contributed by atoms with van der Waals surface area (Å²) >= 11 is 0. The Labute approximate surface area is 284 Å². The van der Waals surface area contributed by atoms with Crippen LogP contribution >= 0.6 is 0 Å². The van der Waals surface area contributed by atoms with Crippen LogP contribution < -0.4 is 0 Å². The monoisotopic (exact) mass is 627 g/mol. The number of hydrogen-bond acceptors (Lipinski definition) is 4. The van der Waals surface area contributed by atoms with Crippen LogP contribution in [0.5, 0.6) is 0 Å². The van der Waals surface area contributed by atoms with Gasteiger partial charge in [0.2, 0.25) is 0 Å². The summed E-state index contributed by atoms with van der Waals surface area (Å²) in [6.07, 6.45) is 3.63. The molecular weight excluding hydrogens is 599 g/mol. The highest BCUT2D eigenvalue weighted by atomic mass is 16.3. The quantitative estimate of drug-likeness (QED) is 0.184. The van der Waals surface area contributed by atoms with E-state index in [-0.39, 0.29) is 0 Å². The van der Waals surface area contributed by atoms with E-state index in [9.17, 15) is 0 Å². The van der Waals surface area contributed by atoms with Crippen molar-refractivity contribution < 1.29 is 4.42 Å². The third kappa shape index (κ3) is 5.45. The minimum atomic E-state index is 0.663. The van der Waals surface area contributed by atoms with E-state index >= 15 is 0 Å². The molecule has 230 valence electrons. The fourth-order valence-electron chi connectivity index (χ4n) is 6.53. The normalized spacial score (nSPS) is 11.3. The number of furan rings is 1. The van der Waals surface area contributed by atoms with Gasteiger partial charge in [-0.3, -0.25) is 4.98 Å². The molecule has 0 amide bonds. The highest BCUT2D eigenvalue weighted by Crippen LogP contribution is 2.40. The highest BCUT2D eigenvalue weighted by Gasteiger charge is 2.17. The van der Waals surface area contributed by atoms with E-state index in [0.29, 0.717) is 5.82 Å². The van der Waals surface area contributed by atoms with Gasteiger partial charge in [-0.2, -0.15) is 0 Å². The Morgan fingerprint density at radius 2 is 0.980 bits per heavy atom. The summed E-state index contributed by atoms with van der Waals surface area (Å²) in [5.41, 5.74) is 12.9. The van der Waals surface area contributed by atoms with E-state index in [0.717, 1.165) is 72.3 Å². The summed E-state index contributed by atoms with van der Waals surface area (Å²) in [5.74, 6) is 0.663. The van der Waals surface area contributed by atoms with Gasteiger partial charge in [-0.25, -0.2) is 9.97 Å². The molecule has 0 aliphatic carbocycles. The maximum atomic E-state index is 6.52. The number of pyridine rings is 1. The van der Waals surface area contributed by atoms with Gasteiger partial charge < -0.3 is 4.42 Å². The zero-order valence-electron chi connectivity index (χ0n) is 26.5. The Kier molecular flexibility index (Phi) is 7.10. The molecule has 9 rings (SSSR count). The van der Waals surface area contributed by atoms with E-state index in [4.69, 9.17) is 14.4 Å². The first kappa shape index (κ1) is 28.6. The van der Waals surface area contributed by atoms with Gasteiger partial charge in [0.05, 0.1) is 11.4 Å². The molecule has 9 aromatic rings. The first-order chi connectivity index (χ1) is 24.3. The van der Waals surface area contributed by atoms with Gasteiger partial charge in [0.15, 0.2) is 5.82 Å². The maximum absolute atomic E-state index is 6.52. The smallest absolute Gasteiger partial charge is 0.160 e. The third-order valence-electron chi connectivity index (χ3n) is 8.98. The average Bonchev–Trinajstić information content (AvgIpc) is 3.58. The van der Waals surface area contributed by atoms with Gasteiger partial charge >= 0.3 is 0 Å². The molecule has 0 spiro atoms. The molecule has 0 bridgehead atoms. The molecule has 0 aliphatic heterocycles. The Morgan fingerprint density at radius 1 is 0.388 bits per heavy atom. The van der Waals surface area contributed by atoms with Crippen LogP contribution in [0, 0.1) is 0 Å². The Balaban J connectivity index is 1.26. The Morgan fingerprint density at radius 3 is 1.73 bits per heavy atom. The van der Waals surface area contributed by atoms with Gasteiger partial charge in [0, 0.05) is 45.4 Å². The van der Waals surface area contributed by atoms with Crippen molar-refractivity contribution in [2.45, 2.75) is 0 Å². The second kappa shape index (κ2) is 12.2. The first-order valence-corrected chi connectivity index (χ1v) is 16.3. The second-order valence-corrected chi connectivity index (χ2v) is 12.1. The largest absolute Gasteiger partial charge is 0.455 e. The van der Waals surface area contributed by atoms with E-state index in [1.807, 2.05) is 66.9 Å². The van der Waals surface area contributed by atoms with Crippen molar-refractivity contribution in [2.24, 2.45) is 0 Å². The lowest BCUT2D eigenvalue weighted by Crippen LogP contribution is -1.96. The van der Waals surface area contributed by atoms with Gasteiger partial charge in [0.1, 0.15) is 11.2 Å². The third-order valence-corrected chi connectivity index (χ3v) is 8.98. The standard InChI is InChI=1S/C45H29N3O/c1-3-11-30(12-4-1)31-20-22-32(23-21-31)35-25-36(38-17-9-18-40-39-16-7-8-19-43(39)49-44(38)40)27-37(26-35)42-28-41(34-15-10-24-46-29-34)47-45(48-42)33-13-5-2-6-14-33/h1-29H. The van der Waals surface area contributed by atoms with Crippen LogP contribution in [-0.4, -0.2) is 15.0 Å². The minimum Gasteiger partial charge on any atom is -0.455 e. The molecule has 0 radical (unpaired) electrons. The Bertz CT molecular complexity index is 2520. The van der Waals surface area contributed by atoms with E-state index < -0.39 is 0 Å². The summed E-state index contributed by atoms with van der Waals surface area (Å²) in [5, 5.41) is 2.20. The van der Waals surface area contributed by atoms with Crippen molar-refractivity contribution in [3.05, 3.63) is 176 Å². The predicted octanol–water partition coefficient (Wildman–Crippen LogP) is 11.8. The topological polar surface area (TPSA) is 51.8 Å². The zero-order chi connectivity index (χ0) is 32.6. The SMILES string of the molecule is c1ccc(-c2ccc(-c3cc(-c4cc(-c5cccnc5)nc(-c5ccccc5)n4)cc(-c4cccc5c4oc4ccccc45)c3)cc2)cc1. The van der Waals surface area contributed by atoms with Crippen molar-refractivity contribution in [2.75, 3.05) is 0 Å². The van der Waals surface area contributed by atoms with E-state index in [2.05, 4.69) is 108 Å². The number of hydrogen-bond donors (Lipinski definition) is 0. The van der Waals surface area contributed by atoms with Crippen LogP contribution in [0.1, 0.15) is 0 Å². The fraction of sp³-hybridized carbons (Fsp3) is 0. The number of rotatable bonds is 6. The van der Waals surface area contributed by atoms with Gasteiger partial charge in [-0.1, -0.05) is 121 Å². The van der Waals surface area contributed by atoms with Crippen LogP contribution in [0.4, 0.5) is 0 Å². The first-order valence-electron chi connectivity index (χ1n) is 16.3.